The summed E-state index contributed by atoms with van der Waals surface area (Å²) in [6.45, 7) is 3.23. The SMILES string of the molecule is COc1ccc(N(CC(=O)N(Cc2ccccc2)[C@H](Cc2ccccc2)C(=O)NC(C)C)S(=O)(=O)c2ccccc2)cc1OC. The molecule has 45 heavy (non-hydrogen) atoms. The van der Waals surface area contributed by atoms with Gasteiger partial charge in [0.2, 0.25) is 11.8 Å². The van der Waals surface area contributed by atoms with Crippen molar-refractivity contribution in [2.45, 2.75) is 43.8 Å². The zero-order chi connectivity index (χ0) is 32.4. The first-order valence-corrected chi connectivity index (χ1v) is 16.1. The fourth-order valence-electron chi connectivity index (χ4n) is 4.94. The number of sulfonamides is 1. The number of amides is 2. The molecule has 0 heterocycles. The van der Waals surface area contributed by atoms with Gasteiger partial charge >= 0.3 is 0 Å². The summed E-state index contributed by atoms with van der Waals surface area (Å²) in [5.74, 6) is -0.173. The van der Waals surface area contributed by atoms with Gasteiger partial charge in [0.15, 0.2) is 11.5 Å². The number of carbonyl (C=O) groups excluding carboxylic acids is 2. The predicted molar refractivity (Wildman–Crippen MR) is 175 cm³/mol. The second-order valence-corrected chi connectivity index (χ2v) is 12.6. The minimum atomic E-state index is -4.24. The summed E-state index contributed by atoms with van der Waals surface area (Å²) in [4.78, 5) is 29.7. The lowest BCUT2D eigenvalue weighted by atomic mass is 10.0. The first-order chi connectivity index (χ1) is 21.6. The molecule has 0 fully saturated rings. The van der Waals surface area contributed by atoms with Crippen molar-refractivity contribution in [3.05, 3.63) is 120 Å². The minimum Gasteiger partial charge on any atom is -0.493 e. The maximum absolute atomic E-state index is 14.5. The molecule has 0 saturated heterocycles. The van der Waals surface area contributed by atoms with Crippen LogP contribution in [0.15, 0.2) is 114 Å². The highest BCUT2D eigenvalue weighted by Crippen LogP contribution is 2.34. The molecular weight excluding hydrogens is 590 g/mol. The molecule has 4 aromatic rings. The molecule has 4 aromatic carbocycles. The standard InChI is InChI=1S/C35H39N3O6S/c1-26(2)36-35(40)31(22-27-14-8-5-9-15-27)37(24-28-16-10-6-11-17-28)34(39)25-38(45(41,42)30-18-12-7-13-19-30)29-20-21-32(43-3)33(23-29)44-4/h5-21,23,26,31H,22,24-25H2,1-4H3,(H,36,40)/t31-/m1/s1. The van der Waals surface area contributed by atoms with Crippen molar-refractivity contribution >= 4 is 27.5 Å². The molecule has 236 valence electrons. The number of ether oxygens (including phenoxy) is 2. The van der Waals surface area contributed by atoms with E-state index in [4.69, 9.17) is 9.47 Å². The van der Waals surface area contributed by atoms with E-state index in [0.717, 1.165) is 15.4 Å². The Balaban J connectivity index is 1.82. The quantitative estimate of drug-likeness (QED) is 0.209. The van der Waals surface area contributed by atoms with Gasteiger partial charge in [-0.05, 0) is 49.2 Å². The van der Waals surface area contributed by atoms with Crippen LogP contribution in [0.2, 0.25) is 0 Å². The van der Waals surface area contributed by atoms with E-state index in [2.05, 4.69) is 5.32 Å². The van der Waals surface area contributed by atoms with Gasteiger partial charge in [-0.1, -0.05) is 78.9 Å². The maximum Gasteiger partial charge on any atom is 0.264 e. The monoisotopic (exact) mass is 629 g/mol. The number of carbonyl (C=O) groups is 2. The van der Waals surface area contributed by atoms with Gasteiger partial charge in [0, 0.05) is 25.1 Å². The first kappa shape index (κ1) is 33.1. The van der Waals surface area contributed by atoms with Crippen molar-refractivity contribution in [2.24, 2.45) is 0 Å². The Bertz CT molecular complexity index is 1670. The van der Waals surface area contributed by atoms with Gasteiger partial charge in [-0.25, -0.2) is 8.42 Å². The van der Waals surface area contributed by atoms with E-state index < -0.39 is 28.5 Å². The number of benzene rings is 4. The molecule has 0 radical (unpaired) electrons. The summed E-state index contributed by atoms with van der Waals surface area (Å²) in [5, 5.41) is 2.96. The Morgan fingerprint density at radius 3 is 1.87 bits per heavy atom. The van der Waals surface area contributed by atoms with Crippen LogP contribution in [0.25, 0.3) is 0 Å². The van der Waals surface area contributed by atoms with Crippen molar-refractivity contribution in [3.8, 4) is 11.5 Å². The minimum absolute atomic E-state index is 0.0144. The van der Waals surface area contributed by atoms with Crippen LogP contribution in [-0.2, 0) is 32.6 Å². The highest BCUT2D eigenvalue weighted by molar-refractivity contribution is 7.92. The molecule has 9 nitrogen and oxygen atoms in total. The lowest BCUT2D eigenvalue weighted by molar-refractivity contribution is -0.140. The molecule has 0 unspecified atom stereocenters. The fraction of sp³-hybridized carbons (Fsp3) is 0.257. The molecule has 1 atom stereocenters. The summed E-state index contributed by atoms with van der Waals surface area (Å²) in [6, 6.07) is 30.2. The highest BCUT2D eigenvalue weighted by atomic mass is 32.2. The molecule has 0 aliphatic heterocycles. The van der Waals surface area contributed by atoms with Crippen LogP contribution in [0, 0.1) is 0 Å². The predicted octanol–water partition coefficient (Wildman–Crippen LogP) is 5.06. The van der Waals surface area contributed by atoms with Crippen LogP contribution in [0.5, 0.6) is 11.5 Å². The molecule has 0 saturated carbocycles. The van der Waals surface area contributed by atoms with Crippen LogP contribution in [-0.4, -0.2) is 58.0 Å². The molecular formula is C35H39N3O6S. The summed E-state index contributed by atoms with van der Waals surface area (Å²) in [7, 11) is -1.30. The van der Waals surface area contributed by atoms with E-state index in [9.17, 15) is 18.0 Å². The maximum atomic E-state index is 14.5. The van der Waals surface area contributed by atoms with Gasteiger partial charge in [-0.2, -0.15) is 0 Å². The zero-order valence-electron chi connectivity index (χ0n) is 25.9. The van der Waals surface area contributed by atoms with Gasteiger partial charge in [0.25, 0.3) is 10.0 Å². The smallest absolute Gasteiger partial charge is 0.264 e. The third-order valence-electron chi connectivity index (χ3n) is 7.16. The van der Waals surface area contributed by atoms with Crippen molar-refractivity contribution in [2.75, 3.05) is 25.1 Å². The van der Waals surface area contributed by atoms with Crippen LogP contribution in [0.1, 0.15) is 25.0 Å². The van der Waals surface area contributed by atoms with Crippen LogP contribution in [0.4, 0.5) is 5.69 Å². The van der Waals surface area contributed by atoms with Gasteiger partial charge in [-0.3, -0.25) is 13.9 Å². The fourth-order valence-corrected chi connectivity index (χ4v) is 6.37. The molecule has 0 aliphatic rings. The Morgan fingerprint density at radius 2 is 1.31 bits per heavy atom. The Labute approximate surface area is 265 Å². The summed E-state index contributed by atoms with van der Waals surface area (Å²) < 4.78 is 40.2. The molecule has 0 aliphatic carbocycles. The average Bonchev–Trinajstić information content (AvgIpc) is 3.05. The summed E-state index contributed by atoms with van der Waals surface area (Å²) in [6.07, 6.45) is 0.236. The van der Waals surface area contributed by atoms with Crippen molar-refractivity contribution in [3.63, 3.8) is 0 Å². The molecule has 2 amide bonds. The third kappa shape index (κ3) is 8.42. The van der Waals surface area contributed by atoms with Crippen molar-refractivity contribution in [1.82, 2.24) is 10.2 Å². The van der Waals surface area contributed by atoms with Gasteiger partial charge in [0.1, 0.15) is 12.6 Å². The first-order valence-electron chi connectivity index (χ1n) is 14.6. The van der Waals surface area contributed by atoms with Crippen molar-refractivity contribution in [1.29, 1.82) is 0 Å². The van der Waals surface area contributed by atoms with E-state index in [1.54, 1.807) is 30.3 Å². The van der Waals surface area contributed by atoms with Crippen LogP contribution < -0.4 is 19.1 Å². The third-order valence-corrected chi connectivity index (χ3v) is 8.95. The second-order valence-electron chi connectivity index (χ2n) is 10.7. The Morgan fingerprint density at radius 1 is 0.756 bits per heavy atom. The number of rotatable bonds is 14. The molecule has 0 spiro atoms. The normalized spacial score (nSPS) is 11.8. The molecule has 10 heteroatoms. The number of hydrogen-bond donors (Lipinski definition) is 1. The molecule has 0 bridgehead atoms. The van der Waals surface area contributed by atoms with E-state index in [0.29, 0.717) is 11.5 Å². The van der Waals surface area contributed by atoms with E-state index in [1.807, 2.05) is 74.5 Å². The van der Waals surface area contributed by atoms with E-state index in [-0.39, 0.29) is 35.5 Å². The lowest BCUT2D eigenvalue weighted by Gasteiger charge is -2.34. The van der Waals surface area contributed by atoms with Gasteiger partial charge in [0.05, 0.1) is 24.8 Å². The second kappa shape index (κ2) is 15.3. The summed E-state index contributed by atoms with van der Waals surface area (Å²) in [5.41, 5.74) is 1.86. The topological polar surface area (TPSA) is 105 Å². The molecule has 4 rings (SSSR count). The van der Waals surface area contributed by atoms with E-state index in [1.165, 1.54) is 37.3 Å². The molecule has 0 aromatic heterocycles. The van der Waals surface area contributed by atoms with Gasteiger partial charge < -0.3 is 19.7 Å². The lowest BCUT2D eigenvalue weighted by Crippen LogP contribution is -2.54. The zero-order valence-corrected chi connectivity index (χ0v) is 26.7. The highest BCUT2D eigenvalue weighted by Gasteiger charge is 2.35. The molecule has 1 N–H and O–H groups in total. The Hall–Kier alpha value is -4.83. The number of anilines is 1. The number of hydrogen-bond acceptors (Lipinski definition) is 6. The van der Waals surface area contributed by atoms with Crippen LogP contribution >= 0.6 is 0 Å². The average molecular weight is 630 g/mol. The van der Waals surface area contributed by atoms with Gasteiger partial charge in [-0.15, -0.1) is 0 Å². The largest absolute Gasteiger partial charge is 0.493 e. The number of nitrogens with zero attached hydrogens (tertiary/aromatic N) is 2. The number of nitrogens with one attached hydrogen (secondary N) is 1. The van der Waals surface area contributed by atoms with Crippen LogP contribution in [0.3, 0.4) is 0 Å². The van der Waals surface area contributed by atoms with Crippen molar-refractivity contribution < 1.29 is 27.5 Å². The summed E-state index contributed by atoms with van der Waals surface area (Å²) >= 11 is 0. The Kier molecular flexibility index (Phi) is 11.2. The van der Waals surface area contributed by atoms with E-state index >= 15 is 0 Å². The number of methoxy groups -OCH3 is 2.